The third kappa shape index (κ3) is 6.45. The van der Waals surface area contributed by atoms with Crippen molar-refractivity contribution in [2.75, 3.05) is 5.32 Å². The molecule has 0 saturated carbocycles. The Morgan fingerprint density at radius 1 is 1.04 bits per heavy atom. The molecule has 6 rings (SSSR count). The molecule has 2 amide bonds. The number of cyclic esters (lactones) is 1. The van der Waals surface area contributed by atoms with Gasteiger partial charge in [-0.15, -0.1) is 0 Å². The highest BCUT2D eigenvalue weighted by Crippen LogP contribution is 2.42. The van der Waals surface area contributed by atoms with Crippen LogP contribution in [0.2, 0.25) is 0 Å². The Balaban J connectivity index is 1.19. The molecule has 2 aromatic carbocycles. The van der Waals surface area contributed by atoms with Crippen LogP contribution in [0.1, 0.15) is 68.9 Å². The van der Waals surface area contributed by atoms with Gasteiger partial charge in [-0.2, -0.15) is 0 Å². The Kier molecular flexibility index (Phi) is 9.77. The zero-order chi connectivity index (χ0) is 37.5. The molecule has 272 valence electrons. The summed E-state index contributed by atoms with van der Waals surface area (Å²) < 4.78 is 18.2. The van der Waals surface area contributed by atoms with Crippen LogP contribution in [0.25, 0.3) is 22.3 Å². The van der Waals surface area contributed by atoms with E-state index in [-0.39, 0.29) is 54.5 Å². The zero-order valence-electron chi connectivity index (χ0n) is 29.6. The maximum absolute atomic E-state index is 13.9. The van der Waals surface area contributed by atoms with Crippen molar-refractivity contribution in [3.63, 3.8) is 0 Å². The third-order valence-corrected chi connectivity index (χ3v) is 9.72. The van der Waals surface area contributed by atoms with Crippen molar-refractivity contribution in [1.82, 2.24) is 14.9 Å². The Hall–Kier alpha value is -5.76. The number of nitrogens with zero attached hydrogens (tertiary/aromatic N) is 2. The average molecular weight is 712 g/mol. The number of nitrogens with one attached hydrogen (secondary N) is 2. The highest BCUT2D eigenvalue weighted by molar-refractivity contribution is 5.97. The minimum atomic E-state index is -1.95. The van der Waals surface area contributed by atoms with E-state index in [1.165, 1.54) is 0 Å². The number of benzene rings is 2. The minimum absolute atomic E-state index is 0.0367. The number of anilines is 1. The van der Waals surface area contributed by atoms with Gasteiger partial charge in [0.05, 0.1) is 35.1 Å². The summed E-state index contributed by atoms with van der Waals surface area (Å²) in [4.78, 5) is 70.2. The van der Waals surface area contributed by atoms with Crippen LogP contribution in [-0.2, 0) is 60.4 Å². The standard InChI is InChI=1S/C38H41N5O9/c1-6-24-25-14-23(44)12-13-29(25)42-32-26(24)16-43-30(32)15-28-27(35(43)47)18-50-36(48)38(28,7-2)52-37(49)51-17-21-8-10-22(11-9-21)41-33(45)20(5)40-34(46)31(39)19(3)4/h8-15,19-20,31,44H,6-7,16-18,39H2,1-5H3,(H,40,46)(H,41,45)/t20-,31-,38-/m0/s1. The van der Waals surface area contributed by atoms with Crippen LogP contribution in [0.15, 0.2) is 53.3 Å². The number of rotatable bonds is 10. The number of amides is 2. The number of aryl methyl sites for hydroxylation is 1. The number of ether oxygens (including phenoxy) is 3. The molecule has 0 spiro atoms. The number of nitrogens with two attached hydrogens (primary N) is 1. The first kappa shape index (κ1) is 36.0. The molecule has 0 unspecified atom stereocenters. The third-order valence-electron chi connectivity index (χ3n) is 9.72. The molecule has 52 heavy (non-hydrogen) atoms. The van der Waals surface area contributed by atoms with Gasteiger partial charge < -0.3 is 40.3 Å². The minimum Gasteiger partial charge on any atom is -0.508 e. The zero-order valence-corrected chi connectivity index (χ0v) is 29.6. The monoisotopic (exact) mass is 711 g/mol. The molecular weight excluding hydrogens is 670 g/mol. The fourth-order valence-corrected chi connectivity index (χ4v) is 6.64. The number of phenolic OH excluding ortho intramolecular Hbond substituents is 1. The summed E-state index contributed by atoms with van der Waals surface area (Å²) in [5, 5.41) is 16.2. The second kappa shape index (κ2) is 14.1. The Morgan fingerprint density at radius 3 is 2.44 bits per heavy atom. The molecule has 2 aliphatic heterocycles. The summed E-state index contributed by atoms with van der Waals surface area (Å²) in [5.41, 5.74) is 8.45. The molecule has 2 aromatic heterocycles. The number of carbonyl (C=O) groups is 4. The number of aromatic nitrogens is 2. The Morgan fingerprint density at radius 2 is 1.77 bits per heavy atom. The van der Waals surface area contributed by atoms with Crippen LogP contribution in [0, 0.1) is 5.92 Å². The van der Waals surface area contributed by atoms with E-state index < -0.39 is 41.6 Å². The Labute approximate surface area is 299 Å². The molecule has 0 radical (unpaired) electrons. The van der Waals surface area contributed by atoms with Crippen LogP contribution in [0.5, 0.6) is 5.75 Å². The number of pyridine rings is 2. The average Bonchev–Trinajstić information content (AvgIpc) is 3.49. The van der Waals surface area contributed by atoms with E-state index in [0.717, 1.165) is 16.5 Å². The number of fused-ring (bicyclic) bond motifs is 5. The summed E-state index contributed by atoms with van der Waals surface area (Å²) in [7, 11) is 0. The first-order chi connectivity index (χ1) is 24.8. The molecule has 14 nitrogen and oxygen atoms in total. The van der Waals surface area contributed by atoms with Crippen molar-refractivity contribution in [3.05, 3.63) is 86.7 Å². The van der Waals surface area contributed by atoms with E-state index in [0.29, 0.717) is 34.6 Å². The molecule has 4 heterocycles. The number of hydrogen-bond donors (Lipinski definition) is 4. The number of esters is 1. The van der Waals surface area contributed by atoms with Crippen molar-refractivity contribution < 1.29 is 38.5 Å². The maximum atomic E-state index is 13.9. The fourth-order valence-electron chi connectivity index (χ4n) is 6.64. The summed E-state index contributed by atoms with van der Waals surface area (Å²) in [6.45, 7) is 8.56. The largest absolute Gasteiger partial charge is 0.510 e. The SMILES string of the molecule is CCc1c2c(nc3ccc(O)cc13)-c1cc3c(c(=O)n1C2)COC(=O)[C@@]3(CC)OC(=O)OCc1ccc(NC(=O)[C@H](C)NC(=O)[C@@H](N)C(C)C)cc1. The van der Waals surface area contributed by atoms with Gasteiger partial charge in [-0.05, 0) is 73.2 Å². The van der Waals surface area contributed by atoms with Crippen molar-refractivity contribution in [3.8, 4) is 17.1 Å². The fraction of sp³-hybridized carbons (Fsp3) is 0.368. The lowest BCUT2D eigenvalue weighted by Gasteiger charge is -2.35. The van der Waals surface area contributed by atoms with E-state index >= 15 is 0 Å². The van der Waals surface area contributed by atoms with Crippen LogP contribution in [0.4, 0.5) is 10.5 Å². The number of aromatic hydroxyl groups is 1. The number of carbonyl (C=O) groups excluding carboxylic acids is 4. The molecule has 4 aromatic rings. The lowest BCUT2D eigenvalue weighted by Crippen LogP contribution is -2.50. The molecule has 0 aliphatic carbocycles. The lowest BCUT2D eigenvalue weighted by molar-refractivity contribution is -0.175. The van der Waals surface area contributed by atoms with E-state index in [1.807, 2.05) is 20.8 Å². The van der Waals surface area contributed by atoms with Gasteiger partial charge in [0.1, 0.15) is 25.0 Å². The molecule has 3 atom stereocenters. The van der Waals surface area contributed by atoms with Gasteiger partial charge in [0.15, 0.2) is 0 Å². The number of phenols is 1. The highest BCUT2D eigenvalue weighted by atomic mass is 16.7. The van der Waals surface area contributed by atoms with Gasteiger partial charge in [0.2, 0.25) is 17.4 Å². The van der Waals surface area contributed by atoms with Crippen LogP contribution in [0.3, 0.4) is 0 Å². The molecule has 14 heteroatoms. The van der Waals surface area contributed by atoms with E-state index in [1.54, 1.807) is 66.9 Å². The highest BCUT2D eigenvalue weighted by Gasteiger charge is 2.51. The van der Waals surface area contributed by atoms with Crippen LogP contribution >= 0.6 is 0 Å². The summed E-state index contributed by atoms with van der Waals surface area (Å²) >= 11 is 0. The van der Waals surface area contributed by atoms with Crippen molar-refractivity contribution in [2.24, 2.45) is 11.7 Å². The molecular formula is C38H41N5O9. The number of hydrogen-bond acceptors (Lipinski definition) is 11. The van der Waals surface area contributed by atoms with Gasteiger partial charge >= 0.3 is 12.1 Å². The molecule has 0 fully saturated rings. The second-order valence-corrected chi connectivity index (χ2v) is 13.4. The lowest BCUT2D eigenvalue weighted by atomic mass is 9.85. The normalized spacial score (nSPS) is 17.0. The topological polar surface area (TPSA) is 201 Å². The maximum Gasteiger partial charge on any atom is 0.510 e. The predicted molar refractivity (Wildman–Crippen MR) is 190 cm³/mol. The van der Waals surface area contributed by atoms with Gasteiger partial charge in [0.25, 0.3) is 5.56 Å². The van der Waals surface area contributed by atoms with E-state index in [4.69, 9.17) is 24.9 Å². The van der Waals surface area contributed by atoms with Gasteiger partial charge in [-0.3, -0.25) is 14.4 Å². The van der Waals surface area contributed by atoms with Crippen molar-refractivity contribution >= 4 is 40.5 Å². The Bertz CT molecular complexity index is 2160. The second-order valence-electron chi connectivity index (χ2n) is 13.4. The van der Waals surface area contributed by atoms with Gasteiger partial charge in [-0.25, -0.2) is 14.6 Å². The first-order valence-corrected chi connectivity index (χ1v) is 17.2. The van der Waals surface area contributed by atoms with Gasteiger partial charge in [0, 0.05) is 22.2 Å². The molecule has 0 saturated heterocycles. The first-order valence-electron chi connectivity index (χ1n) is 17.2. The van der Waals surface area contributed by atoms with E-state index in [9.17, 15) is 29.1 Å². The van der Waals surface area contributed by atoms with Crippen molar-refractivity contribution in [2.45, 2.75) is 84.9 Å². The summed E-state index contributed by atoms with van der Waals surface area (Å²) in [6.07, 6.45) is -0.552. The van der Waals surface area contributed by atoms with Crippen molar-refractivity contribution in [1.29, 1.82) is 0 Å². The predicted octanol–water partition coefficient (Wildman–Crippen LogP) is 4.14. The van der Waals surface area contributed by atoms with Crippen LogP contribution in [-0.4, -0.2) is 50.7 Å². The molecule has 5 N–H and O–H groups in total. The summed E-state index contributed by atoms with van der Waals surface area (Å²) in [6, 6.07) is 11.5. The van der Waals surface area contributed by atoms with Gasteiger partial charge in [-0.1, -0.05) is 39.8 Å². The molecule has 0 bridgehead atoms. The van der Waals surface area contributed by atoms with Crippen LogP contribution < -0.4 is 21.9 Å². The van der Waals surface area contributed by atoms with E-state index in [2.05, 4.69) is 10.6 Å². The molecule has 2 aliphatic rings. The quantitative estimate of drug-likeness (QED) is 0.152. The summed E-state index contributed by atoms with van der Waals surface area (Å²) in [5.74, 6) is -1.66. The smallest absolute Gasteiger partial charge is 0.508 e.